The van der Waals surface area contributed by atoms with Gasteiger partial charge >= 0.3 is 0 Å². The predicted molar refractivity (Wildman–Crippen MR) is 204 cm³/mol. The number of benzene rings is 2. The Morgan fingerprint density at radius 2 is 1.72 bits per heavy atom. The second-order valence-corrected chi connectivity index (χ2v) is 14.8. The highest BCUT2D eigenvalue weighted by Gasteiger charge is 2.34. The van der Waals surface area contributed by atoms with E-state index in [9.17, 15) is 9.59 Å². The van der Waals surface area contributed by atoms with Gasteiger partial charge in [-0.15, -0.1) is 0 Å². The molecule has 4 aromatic rings. The number of aromatic nitrogens is 3. The van der Waals surface area contributed by atoms with Crippen LogP contribution in [0.1, 0.15) is 46.7 Å². The zero-order chi connectivity index (χ0) is 35.9. The van der Waals surface area contributed by atoms with E-state index in [1.165, 1.54) is 16.8 Å². The van der Waals surface area contributed by atoms with Gasteiger partial charge in [0.1, 0.15) is 12.3 Å². The lowest BCUT2D eigenvalue weighted by Gasteiger charge is -2.49. The van der Waals surface area contributed by atoms with Crippen molar-refractivity contribution >= 4 is 40.5 Å². The molecule has 2 aromatic carbocycles. The first-order valence-electron chi connectivity index (χ1n) is 18.9. The summed E-state index contributed by atoms with van der Waals surface area (Å²) < 4.78 is 5.73. The van der Waals surface area contributed by atoms with Gasteiger partial charge in [-0.3, -0.25) is 24.7 Å². The van der Waals surface area contributed by atoms with Crippen LogP contribution < -0.4 is 30.5 Å². The summed E-state index contributed by atoms with van der Waals surface area (Å²) in [5, 5.41) is 9.34. The number of pyridine rings is 1. The van der Waals surface area contributed by atoms with E-state index in [4.69, 9.17) is 9.72 Å². The summed E-state index contributed by atoms with van der Waals surface area (Å²) in [6, 6.07) is 17.5. The van der Waals surface area contributed by atoms with E-state index in [1.807, 2.05) is 24.5 Å². The third-order valence-electron chi connectivity index (χ3n) is 11.5. The van der Waals surface area contributed by atoms with Crippen molar-refractivity contribution in [1.82, 2.24) is 30.1 Å². The number of anilines is 5. The highest BCUT2D eigenvalue weighted by atomic mass is 16.5. The molecule has 3 saturated heterocycles. The smallest absolute Gasteiger partial charge is 0.237 e. The number of fused-ring (bicyclic) bond motifs is 2. The molecule has 7 heterocycles. The average Bonchev–Trinajstić information content (AvgIpc) is 3.16. The van der Waals surface area contributed by atoms with Gasteiger partial charge in [-0.05, 0) is 60.7 Å². The predicted octanol–water partition coefficient (Wildman–Crippen LogP) is 3.82. The summed E-state index contributed by atoms with van der Waals surface area (Å²) in [7, 11) is 0. The van der Waals surface area contributed by atoms with Crippen molar-refractivity contribution in [1.29, 1.82) is 0 Å². The van der Waals surface area contributed by atoms with E-state index in [2.05, 4.69) is 88.8 Å². The first-order chi connectivity index (χ1) is 25.9. The van der Waals surface area contributed by atoms with E-state index in [-0.39, 0.29) is 17.7 Å². The minimum Gasteiger partial charge on any atom is -0.474 e. The van der Waals surface area contributed by atoms with Crippen LogP contribution >= 0.6 is 0 Å². The third-order valence-corrected chi connectivity index (χ3v) is 11.5. The van der Waals surface area contributed by atoms with Gasteiger partial charge in [-0.1, -0.05) is 24.3 Å². The number of rotatable bonds is 8. The van der Waals surface area contributed by atoms with Crippen LogP contribution in [0.25, 0.3) is 0 Å². The second-order valence-electron chi connectivity index (χ2n) is 14.8. The Morgan fingerprint density at radius 3 is 2.51 bits per heavy atom. The van der Waals surface area contributed by atoms with E-state index in [0.29, 0.717) is 43.9 Å². The number of carbonyl (C=O) groups is 2. The summed E-state index contributed by atoms with van der Waals surface area (Å²) in [6.45, 7) is 12.4. The van der Waals surface area contributed by atoms with Crippen LogP contribution in [0.5, 0.6) is 5.88 Å². The number of carbonyl (C=O) groups excluding carboxylic acids is 2. The zero-order valence-electron chi connectivity index (χ0n) is 30.2. The Bertz CT molecular complexity index is 1990. The number of hydrogen-bond acceptors (Lipinski definition) is 12. The highest BCUT2D eigenvalue weighted by molar-refractivity contribution is 6.01. The van der Waals surface area contributed by atoms with Crippen molar-refractivity contribution in [2.75, 3.05) is 79.4 Å². The van der Waals surface area contributed by atoms with Crippen LogP contribution in [0.3, 0.4) is 0 Å². The molecule has 1 atom stereocenters. The lowest BCUT2D eigenvalue weighted by molar-refractivity contribution is -0.134. The quantitative estimate of drug-likeness (QED) is 0.230. The number of piperidine rings is 1. The monoisotopic (exact) mass is 714 g/mol. The first-order valence-corrected chi connectivity index (χ1v) is 18.9. The molecule has 1 unspecified atom stereocenters. The molecule has 0 spiro atoms. The van der Waals surface area contributed by atoms with Gasteiger partial charge in [0.25, 0.3) is 0 Å². The lowest BCUT2D eigenvalue weighted by atomic mass is 9.90. The number of piperazine rings is 1. The molecule has 5 aliphatic rings. The van der Waals surface area contributed by atoms with E-state index >= 15 is 0 Å². The van der Waals surface area contributed by atoms with E-state index < -0.39 is 0 Å². The van der Waals surface area contributed by atoms with Crippen molar-refractivity contribution in [2.45, 2.75) is 51.2 Å². The van der Waals surface area contributed by atoms with Crippen LogP contribution in [-0.4, -0.2) is 102 Å². The van der Waals surface area contributed by atoms with Crippen molar-refractivity contribution in [3.63, 3.8) is 0 Å². The third kappa shape index (κ3) is 6.98. The largest absolute Gasteiger partial charge is 0.474 e. The number of imide groups is 1. The van der Waals surface area contributed by atoms with E-state index in [1.54, 1.807) is 0 Å². The van der Waals surface area contributed by atoms with Gasteiger partial charge in [-0.25, -0.2) is 15.0 Å². The molecule has 3 N–H and O–H groups in total. The fourth-order valence-electron chi connectivity index (χ4n) is 8.29. The standard InChI is InChI=1S/C40H46N10O3/c1-26-35(21-42-39-37(26)41-13-19-53-39)49-14-12-29-20-43-40(45-34(29)25-49)44-30-6-2-27(3-7-30)22-47-15-17-48(18-16-47)32-23-50(24-32)31-8-4-28(5-9-31)33-10-11-36(51)46-38(33)52/h2-9,20-21,32-33,41H,10-19,22-25H2,1H3,(H,43,44,45)(H,46,51,52). The summed E-state index contributed by atoms with van der Waals surface area (Å²) in [5.74, 6) is 0.712. The SMILES string of the molecule is Cc1c(N2CCc3cnc(Nc4ccc(CN5CCN(C6CN(c7ccc(C8CCC(=O)NC8=O)cc7)C6)CC5)cc4)nc3C2)cnc2c1NCCO2. The second kappa shape index (κ2) is 14.3. The number of hydrogen-bond donors (Lipinski definition) is 3. The molecule has 0 aliphatic carbocycles. The van der Waals surface area contributed by atoms with Crippen molar-refractivity contribution in [3.8, 4) is 5.88 Å². The number of ether oxygens (including phenoxy) is 1. The average molecular weight is 715 g/mol. The van der Waals surface area contributed by atoms with Gasteiger partial charge in [0.05, 0.1) is 30.0 Å². The van der Waals surface area contributed by atoms with Gasteiger partial charge in [-0.2, -0.15) is 0 Å². The van der Waals surface area contributed by atoms with Crippen LogP contribution in [0.2, 0.25) is 0 Å². The maximum absolute atomic E-state index is 12.3. The summed E-state index contributed by atoms with van der Waals surface area (Å²) in [6.07, 6.45) is 5.77. The van der Waals surface area contributed by atoms with Gasteiger partial charge in [0.15, 0.2) is 0 Å². The molecule has 9 rings (SSSR count). The van der Waals surface area contributed by atoms with Crippen LogP contribution in [0, 0.1) is 6.92 Å². The fourth-order valence-corrected chi connectivity index (χ4v) is 8.29. The molecule has 274 valence electrons. The Balaban J connectivity index is 0.736. The molecule has 13 nitrogen and oxygen atoms in total. The highest BCUT2D eigenvalue weighted by Crippen LogP contribution is 2.36. The molecule has 53 heavy (non-hydrogen) atoms. The lowest BCUT2D eigenvalue weighted by Crippen LogP contribution is -2.63. The van der Waals surface area contributed by atoms with Gasteiger partial charge in [0, 0.05) is 94.5 Å². The summed E-state index contributed by atoms with van der Waals surface area (Å²) in [5.41, 5.74) is 9.96. The minimum atomic E-state index is -0.234. The number of nitrogens with one attached hydrogen (secondary N) is 3. The van der Waals surface area contributed by atoms with Crippen molar-refractivity contribution < 1.29 is 14.3 Å². The first kappa shape index (κ1) is 33.6. The molecular weight excluding hydrogens is 669 g/mol. The maximum atomic E-state index is 12.3. The van der Waals surface area contributed by atoms with Crippen molar-refractivity contribution in [2.24, 2.45) is 0 Å². The zero-order valence-corrected chi connectivity index (χ0v) is 30.2. The fraction of sp³-hybridized carbons (Fsp3) is 0.425. The number of nitrogens with zero attached hydrogens (tertiary/aromatic N) is 7. The summed E-state index contributed by atoms with van der Waals surface area (Å²) >= 11 is 0. The van der Waals surface area contributed by atoms with Crippen LogP contribution in [-0.2, 0) is 29.1 Å². The number of amides is 2. The molecule has 3 fully saturated rings. The Labute approximate surface area is 309 Å². The van der Waals surface area contributed by atoms with Crippen LogP contribution in [0.15, 0.2) is 60.9 Å². The minimum absolute atomic E-state index is 0.173. The normalized spacial score (nSPS) is 20.8. The molecule has 2 amide bonds. The molecule has 0 saturated carbocycles. The molecule has 0 radical (unpaired) electrons. The van der Waals surface area contributed by atoms with Gasteiger partial charge in [0.2, 0.25) is 23.6 Å². The Hall–Kier alpha value is -5.27. The maximum Gasteiger partial charge on any atom is 0.237 e. The molecule has 2 aromatic heterocycles. The summed E-state index contributed by atoms with van der Waals surface area (Å²) in [4.78, 5) is 47.8. The Morgan fingerprint density at radius 1 is 0.906 bits per heavy atom. The molecule has 13 heteroatoms. The topological polar surface area (TPSA) is 131 Å². The molecule has 5 aliphatic heterocycles. The molecular formula is C40H46N10O3. The van der Waals surface area contributed by atoms with Crippen LogP contribution in [0.4, 0.5) is 28.7 Å². The van der Waals surface area contributed by atoms with Crippen molar-refractivity contribution in [3.05, 3.63) is 88.9 Å². The van der Waals surface area contributed by atoms with Gasteiger partial charge < -0.3 is 25.2 Å². The Kier molecular flexibility index (Phi) is 9.04. The van der Waals surface area contributed by atoms with E-state index in [0.717, 1.165) is 99.2 Å². The molecule has 0 bridgehead atoms.